The van der Waals surface area contributed by atoms with Gasteiger partial charge in [-0.1, -0.05) is 41.4 Å². The van der Waals surface area contributed by atoms with E-state index in [2.05, 4.69) is 10.5 Å². The average molecular weight is 465 g/mol. The molecule has 1 aliphatic rings. The number of hydrogen-bond donors (Lipinski definition) is 1. The molecular formula is C24H18Cl2N4O2. The van der Waals surface area contributed by atoms with Gasteiger partial charge < -0.3 is 9.47 Å². The van der Waals surface area contributed by atoms with Crippen molar-refractivity contribution in [1.82, 2.24) is 9.78 Å². The van der Waals surface area contributed by atoms with Crippen molar-refractivity contribution in [3.8, 4) is 28.4 Å². The van der Waals surface area contributed by atoms with Crippen LogP contribution in [-0.2, 0) is 0 Å². The summed E-state index contributed by atoms with van der Waals surface area (Å²) in [6.45, 7) is 1.07. The van der Waals surface area contributed by atoms with E-state index in [-0.39, 0.29) is 0 Å². The van der Waals surface area contributed by atoms with Crippen molar-refractivity contribution in [2.45, 2.75) is 0 Å². The lowest BCUT2D eigenvalue weighted by molar-refractivity contribution is 0.171. The monoisotopic (exact) mass is 464 g/mol. The standard InChI is InChI=1S/C24H18Cl2N4O2/c25-20-8-7-18(13-21(20)26)28-27-14-17-15-30(19-4-2-1-3-5-19)29-24(17)16-6-9-22-23(12-16)32-11-10-31-22/h1-9,12-15,28H,10-11H2/b27-14+. The molecule has 0 fully saturated rings. The van der Waals surface area contributed by atoms with E-state index < -0.39 is 0 Å². The molecule has 3 aromatic carbocycles. The van der Waals surface area contributed by atoms with Crippen molar-refractivity contribution >= 4 is 35.1 Å². The molecule has 0 aliphatic carbocycles. The van der Waals surface area contributed by atoms with E-state index in [0.29, 0.717) is 29.0 Å². The highest BCUT2D eigenvalue weighted by atomic mass is 35.5. The molecule has 1 aliphatic heterocycles. The number of benzene rings is 3. The Morgan fingerprint density at radius 2 is 1.72 bits per heavy atom. The Bertz CT molecular complexity index is 1290. The van der Waals surface area contributed by atoms with Gasteiger partial charge in [-0.2, -0.15) is 10.2 Å². The molecule has 8 heteroatoms. The minimum Gasteiger partial charge on any atom is -0.486 e. The summed E-state index contributed by atoms with van der Waals surface area (Å²) in [6.07, 6.45) is 3.66. The number of nitrogens with one attached hydrogen (secondary N) is 1. The number of fused-ring (bicyclic) bond motifs is 1. The Kier molecular flexibility index (Phi) is 5.71. The number of para-hydroxylation sites is 1. The second kappa shape index (κ2) is 8.94. The van der Waals surface area contributed by atoms with Gasteiger partial charge >= 0.3 is 0 Å². The van der Waals surface area contributed by atoms with Crippen LogP contribution in [-0.4, -0.2) is 29.2 Å². The highest BCUT2D eigenvalue weighted by Gasteiger charge is 2.16. The van der Waals surface area contributed by atoms with Crippen LogP contribution in [0.15, 0.2) is 78.0 Å². The van der Waals surface area contributed by atoms with Crippen LogP contribution in [0.5, 0.6) is 11.5 Å². The first-order chi connectivity index (χ1) is 15.7. The third-order valence-corrected chi connectivity index (χ3v) is 5.63. The van der Waals surface area contributed by atoms with E-state index in [1.54, 1.807) is 24.4 Å². The highest BCUT2D eigenvalue weighted by Crippen LogP contribution is 2.35. The molecule has 2 heterocycles. The van der Waals surface area contributed by atoms with Gasteiger partial charge in [0, 0.05) is 17.3 Å². The number of ether oxygens (including phenoxy) is 2. The molecule has 0 atom stereocenters. The molecule has 160 valence electrons. The zero-order valence-electron chi connectivity index (χ0n) is 16.8. The third kappa shape index (κ3) is 4.28. The van der Waals surface area contributed by atoms with Crippen LogP contribution in [0.4, 0.5) is 5.69 Å². The Morgan fingerprint density at radius 3 is 2.53 bits per heavy atom. The number of anilines is 1. The van der Waals surface area contributed by atoms with Gasteiger partial charge in [-0.3, -0.25) is 5.43 Å². The van der Waals surface area contributed by atoms with Crippen molar-refractivity contribution in [3.05, 3.63) is 88.5 Å². The maximum absolute atomic E-state index is 6.08. The van der Waals surface area contributed by atoms with E-state index in [4.69, 9.17) is 37.8 Å². The number of halogens is 2. The first kappa shape index (κ1) is 20.4. The average Bonchev–Trinajstić information content (AvgIpc) is 3.26. The Balaban J connectivity index is 1.50. The molecule has 0 amide bonds. The van der Waals surface area contributed by atoms with Gasteiger partial charge in [0.2, 0.25) is 0 Å². The predicted octanol–water partition coefficient (Wildman–Crippen LogP) is 6.06. The zero-order chi connectivity index (χ0) is 21.9. The Morgan fingerprint density at radius 1 is 0.906 bits per heavy atom. The quantitative estimate of drug-likeness (QED) is 0.287. The molecule has 6 nitrogen and oxygen atoms in total. The molecule has 0 saturated heterocycles. The van der Waals surface area contributed by atoms with Crippen LogP contribution in [0.2, 0.25) is 10.0 Å². The Labute approximate surface area is 195 Å². The summed E-state index contributed by atoms with van der Waals surface area (Å²) in [5.74, 6) is 1.44. The summed E-state index contributed by atoms with van der Waals surface area (Å²) in [5, 5.41) is 10.1. The van der Waals surface area contributed by atoms with Crippen LogP contribution in [0.25, 0.3) is 16.9 Å². The maximum Gasteiger partial charge on any atom is 0.162 e. The van der Waals surface area contributed by atoms with Crippen LogP contribution in [0.3, 0.4) is 0 Å². The topological polar surface area (TPSA) is 60.7 Å². The van der Waals surface area contributed by atoms with E-state index in [0.717, 1.165) is 33.9 Å². The largest absolute Gasteiger partial charge is 0.486 e. The summed E-state index contributed by atoms with van der Waals surface area (Å²) in [7, 11) is 0. The molecule has 4 aromatic rings. The summed E-state index contributed by atoms with van der Waals surface area (Å²) >= 11 is 12.1. The van der Waals surface area contributed by atoms with Crippen molar-refractivity contribution < 1.29 is 9.47 Å². The molecule has 32 heavy (non-hydrogen) atoms. The van der Waals surface area contributed by atoms with Crippen molar-refractivity contribution in [2.75, 3.05) is 18.6 Å². The number of aromatic nitrogens is 2. The Hall–Kier alpha value is -3.48. The van der Waals surface area contributed by atoms with Crippen molar-refractivity contribution in [3.63, 3.8) is 0 Å². The van der Waals surface area contributed by atoms with Crippen LogP contribution in [0, 0.1) is 0 Å². The van der Waals surface area contributed by atoms with E-state index >= 15 is 0 Å². The van der Waals surface area contributed by atoms with Crippen LogP contribution in [0.1, 0.15) is 5.56 Å². The smallest absolute Gasteiger partial charge is 0.162 e. The molecule has 1 N–H and O–H groups in total. The fourth-order valence-electron chi connectivity index (χ4n) is 3.35. The number of hydrogen-bond acceptors (Lipinski definition) is 5. The second-order valence-electron chi connectivity index (χ2n) is 7.07. The minimum absolute atomic E-state index is 0.459. The number of rotatable bonds is 5. The molecule has 5 rings (SSSR count). The first-order valence-electron chi connectivity index (χ1n) is 9.96. The van der Waals surface area contributed by atoms with Crippen LogP contribution >= 0.6 is 23.2 Å². The van der Waals surface area contributed by atoms with Crippen molar-refractivity contribution in [1.29, 1.82) is 0 Å². The number of nitrogens with zero attached hydrogens (tertiary/aromatic N) is 3. The van der Waals surface area contributed by atoms with Gasteiger partial charge in [0.15, 0.2) is 11.5 Å². The molecule has 0 radical (unpaired) electrons. The normalized spacial score (nSPS) is 12.8. The number of hydrazone groups is 1. The van der Waals surface area contributed by atoms with Gasteiger partial charge in [0.05, 0.1) is 27.6 Å². The molecule has 1 aromatic heterocycles. The minimum atomic E-state index is 0.459. The van der Waals surface area contributed by atoms with Gasteiger partial charge in [0.25, 0.3) is 0 Å². The maximum atomic E-state index is 6.08. The first-order valence-corrected chi connectivity index (χ1v) is 10.7. The molecule has 0 saturated carbocycles. The van der Waals surface area contributed by atoms with Gasteiger partial charge in [-0.05, 0) is 48.5 Å². The zero-order valence-corrected chi connectivity index (χ0v) is 18.3. The van der Waals surface area contributed by atoms with E-state index in [1.807, 2.05) is 59.4 Å². The molecular weight excluding hydrogens is 447 g/mol. The summed E-state index contributed by atoms with van der Waals surface area (Å²) in [6, 6.07) is 21.0. The van der Waals surface area contributed by atoms with Gasteiger partial charge in [0.1, 0.15) is 18.9 Å². The second-order valence-corrected chi connectivity index (χ2v) is 7.88. The lowest BCUT2D eigenvalue weighted by atomic mass is 10.1. The summed E-state index contributed by atoms with van der Waals surface area (Å²) in [4.78, 5) is 0. The molecule has 0 unspecified atom stereocenters. The fraction of sp³-hybridized carbons (Fsp3) is 0.0833. The van der Waals surface area contributed by atoms with Crippen LogP contribution < -0.4 is 14.9 Å². The predicted molar refractivity (Wildman–Crippen MR) is 128 cm³/mol. The van der Waals surface area contributed by atoms with Gasteiger partial charge in [-0.15, -0.1) is 0 Å². The van der Waals surface area contributed by atoms with E-state index in [1.165, 1.54) is 0 Å². The molecule has 0 bridgehead atoms. The van der Waals surface area contributed by atoms with Gasteiger partial charge in [-0.25, -0.2) is 4.68 Å². The SMILES string of the molecule is Clc1ccc(N/N=C/c2cn(-c3ccccc3)nc2-c2ccc3c(c2)OCCO3)cc1Cl. The fourth-order valence-corrected chi connectivity index (χ4v) is 3.65. The lowest BCUT2D eigenvalue weighted by Gasteiger charge is -2.18. The highest BCUT2D eigenvalue weighted by molar-refractivity contribution is 6.42. The molecule has 0 spiro atoms. The van der Waals surface area contributed by atoms with E-state index in [9.17, 15) is 0 Å². The third-order valence-electron chi connectivity index (χ3n) is 4.90. The van der Waals surface area contributed by atoms with Crippen molar-refractivity contribution in [2.24, 2.45) is 5.10 Å². The lowest BCUT2D eigenvalue weighted by Crippen LogP contribution is -2.15. The summed E-state index contributed by atoms with van der Waals surface area (Å²) in [5.41, 5.74) is 7.16. The summed E-state index contributed by atoms with van der Waals surface area (Å²) < 4.78 is 13.2.